The summed E-state index contributed by atoms with van der Waals surface area (Å²) >= 11 is 6.15. The summed E-state index contributed by atoms with van der Waals surface area (Å²) in [6.45, 7) is 8.83. The van der Waals surface area contributed by atoms with Crippen molar-refractivity contribution in [1.29, 1.82) is 0 Å². The van der Waals surface area contributed by atoms with Crippen LogP contribution in [0.4, 0.5) is 5.69 Å². The Morgan fingerprint density at radius 2 is 1.58 bits per heavy atom. The van der Waals surface area contributed by atoms with Gasteiger partial charge in [0.2, 0.25) is 0 Å². The maximum Gasteiger partial charge on any atom is 0.194 e. The molecule has 1 aliphatic rings. The van der Waals surface area contributed by atoms with Crippen molar-refractivity contribution in [2.24, 2.45) is 0 Å². The van der Waals surface area contributed by atoms with Crippen molar-refractivity contribution in [3.05, 3.63) is 64.7 Å². The summed E-state index contributed by atoms with van der Waals surface area (Å²) in [4.78, 5) is 17.6. The Labute approximate surface area is 161 Å². The predicted molar refractivity (Wildman–Crippen MR) is 109 cm³/mol. The summed E-state index contributed by atoms with van der Waals surface area (Å²) in [7, 11) is 0. The van der Waals surface area contributed by atoms with E-state index in [1.807, 2.05) is 24.3 Å². The lowest BCUT2D eigenvalue weighted by Crippen LogP contribution is -2.50. The molecule has 0 N–H and O–H groups in total. The van der Waals surface area contributed by atoms with Gasteiger partial charge >= 0.3 is 0 Å². The molecular weight excluding hydrogens is 344 g/mol. The van der Waals surface area contributed by atoms with Gasteiger partial charge in [0, 0.05) is 49.0 Å². The van der Waals surface area contributed by atoms with Crippen molar-refractivity contribution < 1.29 is 4.79 Å². The van der Waals surface area contributed by atoms with Gasteiger partial charge in [-0.3, -0.25) is 9.69 Å². The van der Waals surface area contributed by atoms with Crippen molar-refractivity contribution in [3.63, 3.8) is 0 Å². The molecule has 1 fully saturated rings. The van der Waals surface area contributed by atoms with Gasteiger partial charge in [-0.2, -0.15) is 0 Å². The van der Waals surface area contributed by atoms with Crippen LogP contribution in [0.15, 0.2) is 48.5 Å². The number of ketones is 1. The zero-order valence-corrected chi connectivity index (χ0v) is 16.4. The molecule has 0 radical (unpaired) electrons. The minimum Gasteiger partial charge on any atom is -0.369 e. The highest BCUT2D eigenvalue weighted by atomic mass is 35.5. The van der Waals surface area contributed by atoms with Crippen LogP contribution in [0.2, 0.25) is 5.02 Å². The first kappa shape index (κ1) is 18.9. The summed E-state index contributed by atoms with van der Waals surface area (Å²) in [6.07, 6.45) is 2.44. The largest absolute Gasteiger partial charge is 0.369 e. The van der Waals surface area contributed by atoms with Gasteiger partial charge in [-0.15, -0.1) is 0 Å². The lowest BCUT2D eigenvalue weighted by Gasteiger charge is -2.39. The summed E-state index contributed by atoms with van der Waals surface area (Å²) in [5, 5.41) is 0.499. The van der Waals surface area contributed by atoms with Crippen LogP contribution in [0.5, 0.6) is 0 Å². The molecule has 0 aromatic heterocycles. The third-order valence-electron chi connectivity index (χ3n) is 5.39. The van der Waals surface area contributed by atoms with Gasteiger partial charge in [0.25, 0.3) is 0 Å². The Hall–Kier alpha value is -1.84. The van der Waals surface area contributed by atoms with Gasteiger partial charge in [0.15, 0.2) is 5.78 Å². The Kier molecular flexibility index (Phi) is 6.33. The molecular formula is C22H27ClN2O. The van der Waals surface area contributed by atoms with Gasteiger partial charge in [-0.1, -0.05) is 37.6 Å². The highest BCUT2D eigenvalue weighted by Gasteiger charge is 2.22. The normalized spacial score (nSPS) is 15.5. The Morgan fingerprint density at radius 1 is 0.962 bits per heavy atom. The summed E-state index contributed by atoms with van der Waals surface area (Å²) in [5.41, 5.74) is 2.42. The van der Waals surface area contributed by atoms with E-state index in [-0.39, 0.29) is 5.78 Å². The first-order valence-corrected chi connectivity index (χ1v) is 9.90. The van der Waals surface area contributed by atoms with E-state index in [0.717, 1.165) is 26.2 Å². The van der Waals surface area contributed by atoms with Gasteiger partial charge in [-0.05, 0) is 49.2 Å². The quantitative estimate of drug-likeness (QED) is 0.677. The number of carbonyl (C=O) groups excluding carboxylic acids is 1. The second-order valence-electron chi connectivity index (χ2n) is 6.85. The summed E-state index contributed by atoms with van der Waals surface area (Å²) in [6, 6.07) is 15.8. The number of nitrogens with zero attached hydrogens (tertiary/aromatic N) is 2. The molecule has 0 aliphatic carbocycles. The average molecular weight is 371 g/mol. The van der Waals surface area contributed by atoms with Crippen LogP contribution < -0.4 is 4.90 Å². The average Bonchev–Trinajstić information content (AvgIpc) is 2.69. The van der Waals surface area contributed by atoms with E-state index in [0.29, 0.717) is 22.2 Å². The van der Waals surface area contributed by atoms with Gasteiger partial charge < -0.3 is 4.90 Å². The Balaban J connectivity index is 1.65. The molecule has 1 saturated heterocycles. The Bertz CT molecular complexity index is 732. The molecule has 0 spiro atoms. The van der Waals surface area contributed by atoms with E-state index < -0.39 is 0 Å². The van der Waals surface area contributed by atoms with Gasteiger partial charge in [0.05, 0.1) is 5.02 Å². The molecule has 0 atom stereocenters. The number of piperazine rings is 1. The number of halogens is 1. The predicted octanol–water partition coefficient (Wildman–Crippen LogP) is 4.88. The van der Waals surface area contributed by atoms with Crippen molar-refractivity contribution in [2.75, 3.05) is 31.1 Å². The second kappa shape index (κ2) is 8.70. The van der Waals surface area contributed by atoms with Crippen LogP contribution in [0.1, 0.15) is 42.6 Å². The third-order valence-corrected chi connectivity index (χ3v) is 5.72. The summed E-state index contributed by atoms with van der Waals surface area (Å²) < 4.78 is 0. The van der Waals surface area contributed by atoms with Crippen molar-refractivity contribution >= 4 is 23.1 Å². The van der Waals surface area contributed by atoms with Crippen LogP contribution >= 0.6 is 11.6 Å². The minimum atomic E-state index is -0.0271. The first-order valence-electron chi connectivity index (χ1n) is 9.52. The van der Waals surface area contributed by atoms with Gasteiger partial charge in [0.1, 0.15) is 0 Å². The fourth-order valence-corrected chi connectivity index (χ4v) is 4.00. The molecule has 2 aromatic carbocycles. The topological polar surface area (TPSA) is 23.6 Å². The zero-order valence-electron chi connectivity index (χ0n) is 15.6. The molecule has 0 bridgehead atoms. The monoisotopic (exact) mass is 370 g/mol. The number of hydrogen-bond donors (Lipinski definition) is 0. The molecule has 2 aromatic rings. The van der Waals surface area contributed by atoms with E-state index in [1.165, 1.54) is 18.5 Å². The van der Waals surface area contributed by atoms with E-state index in [1.54, 1.807) is 12.1 Å². The molecule has 1 aliphatic heterocycles. The molecule has 3 rings (SSSR count). The van der Waals surface area contributed by atoms with Crippen molar-refractivity contribution in [3.8, 4) is 0 Å². The Morgan fingerprint density at radius 3 is 2.15 bits per heavy atom. The molecule has 0 saturated carbocycles. The number of hydrogen-bond acceptors (Lipinski definition) is 3. The van der Waals surface area contributed by atoms with E-state index in [2.05, 4.69) is 35.8 Å². The second-order valence-corrected chi connectivity index (χ2v) is 7.26. The van der Waals surface area contributed by atoms with Crippen LogP contribution in [-0.4, -0.2) is 42.9 Å². The number of carbonyl (C=O) groups is 1. The van der Waals surface area contributed by atoms with Crippen molar-refractivity contribution in [2.45, 2.75) is 32.7 Å². The molecule has 3 nitrogen and oxygen atoms in total. The molecule has 1 heterocycles. The maximum absolute atomic E-state index is 12.6. The third kappa shape index (κ3) is 4.11. The smallest absolute Gasteiger partial charge is 0.194 e. The lowest BCUT2D eigenvalue weighted by molar-refractivity contribution is 0.103. The summed E-state index contributed by atoms with van der Waals surface area (Å²) in [5.74, 6) is -0.0271. The van der Waals surface area contributed by atoms with Crippen LogP contribution in [0.25, 0.3) is 0 Å². The van der Waals surface area contributed by atoms with E-state index in [9.17, 15) is 4.79 Å². The fraction of sp³-hybridized carbons (Fsp3) is 0.409. The number of rotatable bonds is 6. The van der Waals surface area contributed by atoms with Gasteiger partial charge in [-0.25, -0.2) is 0 Å². The highest BCUT2D eigenvalue weighted by molar-refractivity contribution is 6.34. The molecule has 4 heteroatoms. The number of anilines is 1. The van der Waals surface area contributed by atoms with Crippen LogP contribution in [0.3, 0.4) is 0 Å². The molecule has 138 valence electrons. The minimum absolute atomic E-state index is 0.0271. The standard InChI is InChI=1S/C22H27ClN2O/c1-3-18(4-2)24-13-15-25(16-14-24)19-11-9-17(10-12-19)22(26)20-7-5-6-8-21(20)23/h5-12,18H,3-4,13-16H2,1-2H3. The molecule has 0 unspecified atom stereocenters. The molecule has 0 amide bonds. The van der Waals surface area contributed by atoms with Crippen LogP contribution in [-0.2, 0) is 0 Å². The van der Waals surface area contributed by atoms with E-state index >= 15 is 0 Å². The number of benzene rings is 2. The first-order chi connectivity index (χ1) is 12.6. The van der Waals surface area contributed by atoms with E-state index in [4.69, 9.17) is 11.6 Å². The zero-order chi connectivity index (χ0) is 18.5. The maximum atomic E-state index is 12.6. The lowest BCUT2D eigenvalue weighted by atomic mass is 10.0. The SMILES string of the molecule is CCC(CC)N1CCN(c2ccc(C(=O)c3ccccc3Cl)cc2)CC1. The van der Waals surface area contributed by atoms with Crippen LogP contribution in [0, 0.1) is 0 Å². The van der Waals surface area contributed by atoms with Crippen molar-refractivity contribution in [1.82, 2.24) is 4.90 Å². The fourth-order valence-electron chi connectivity index (χ4n) is 3.77. The molecule has 26 heavy (non-hydrogen) atoms. The highest BCUT2D eigenvalue weighted by Crippen LogP contribution is 2.23.